The van der Waals surface area contributed by atoms with E-state index in [0.29, 0.717) is 17.1 Å². The largest absolute Gasteiger partial charge is 0.497 e. The molecule has 0 radical (unpaired) electrons. The second kappa shape index (κ2) is 8.65. The number of hydrogen-bond donors (Lipinski definition) is 1. The molecule has 28 heavy (non-hydrogen) atoms. The first-order chi connectivity index (χ1) is 13.5. The number of likely N-dealkylation sites (tertiary alicyclic amines) is 1. The van der Waals surface area contributed by atoms with Crippen molar-refractivity contribution in [2.24, 2.45) is 5.92 Å². The zero-order valence-corrected chi connectivity index (χ0v) is 15.8. The zero-order valence-electron chi connectivity index (χ0n) is 15.8. The summed E-state index contributed by atoms with van der Waals surface area (Å²) in [5, 5.41) is 9.69. The van der Waals surface area contributed by atoms with Crippen LogP contribution in [0.3, 0.4) is 0 Å². The minimum Gasteiger partial charge on any atom is -0.497 e. The standard InChI is InChI=1S/C21H23NO6/c1-26-15-8-9-19(27-2)16(10-15)17-11-22(12-18(17)20(23)24)21(25)28-13-14-6-4-3-5-7-14/h3-10,17-18H,11-13H2,1-2H3,(H,23,24)/t17-,18+/m0/s1. The molecule has 1 heterocycles. The number of amides is 1. The van der Waals surface area contributed by atoms with Crippen LogP contribution in [0.15, 0.2) is 48.5 Å². The first-order valence-corrected chi connectivity index (χ1v) is 8.93. The Morgan fingerprint density at radius 3 is 2.46 bits per heavy atom. The fraction of sp³-hybridized carbons (Fsp3) is 0.333. The molecule has 1 fully saturated rings. The van der Waals surface area contributed by atoms with Gasteiger partial charge >= 0.3 is 12.1 Å². The summed E-state index contributed by atoms with van der Waals surface area (Å²) in [4.78, 5) is 25.8. The van der Waals surface area contributed by atoms with Gasteiger partial charge in [-0.05, 0) is 23.8 Å². The third kappa shape index (κ3) is 4.19. The maximum Gasteiger partial charge on any atom is 0.410 e. The van der Waals surface area contributed by atoms with Crippen LogP contribution in [0.25, 0.3) is 0 Å². The van der Waals surface area contributed by atoms with Gasteiger partial charge in [0.2, 0.25) is 0 Å². The molecule has 1 N–H and O–H groups in total. The maximum absolute atomic E-state index is 12.5. The van der Waals surface area contributed by atoms with Crippen LogP contribution in [-0.4, -0.2) is 49.4 Å². The molecule has 0 bridgehead atoms. The third-order valence-corrected chi connectivity index (χ3v) is 4.94. The number of carboxylic acids is 1. The molecule has 2 atom stereocenters. The van der Waals surface area contributed by atoms with Crippen molar-refractivity contribution in [3.63, 3.8) is 0 Å². The number of carbonyl (C=O) groups is 2. The third-order valence-electron chi connectivity index (χ3n) is 4.94. The Morgan fingerprint density at radius 2 is 1.82 bits per heavy atom. The molecule has 7 nitrogen and oxygen atoms in total. The monoisotopic (exact) mass is 385 g/mol. The fourth-order valence-corrected chi connectivity index (χ4v) is 3.46. The summed E-state index contributed by atoms with van der Waals surface area (Å²) in [5.74, 6) is -0.980. The van der Waals surface area contributed by atoms with Gasteiger partial charge in [0.1, 0.15) is 18.1 Å². The molecule has 0 aliphatic carbocycles. The molecule has 2 aromatic rings. The van der Waals surface area contributed by atoms with Gasteiger partial charge in [-0.15, -0.1) is 0 Å². The van der Waals surface area contributed by atoms with E-state index >= 15 is 0 Å². The minimum absolute atomic E-state index is 0.0774. The van der Waals surface area contributed by atoms with E-state index in [1.54, 1.807) is 25.3 Å². The van der Waals surface area contributed by atoms with Gasteiger partial charge < -0.3 is 24.2 Å². The van der Waals surface area contributed by atoms with E-state index in [1.807, 2.05) is 30.3 Å². The summed E-state index contributed by atoms with van der Waals surface area (Å²) in [7, 11) is 3.07. The number of hydrogen-bond acceptors (Lipinski definition) is 5. The Bertz CT molecular complexity index is 838. The second-order valence-electron chi connectivity index (χ2n) is 6.60. The molecular weight excluding hydrogens is 362 g/mol. The molecule has 1 saturated heterocycles. The fourth-order valence-electron chi connectivity index (χ4n) is 3.46. The van der Waals surface area contributed by atoms with Gasteiger partial charge in [-0.1, -0.05) is 30.3 Å². The topological polar surface area (TPSA) is 85.3 Å². The second-order valence-corrected chi connectivity index (χ2v) is 6.60. The van der Waals surface area contributed by atoms with Gasteiger partial charge in [-0.25, -0.2) is 4.79 Å². The minimum atomic E-state index is -0.965. The van der Waals surface area contributed by atoms with Crippen molar-refractivity contribution in [3.8, 4) is 11.5 Å². The number of rotatable bonds is 6. The maximum atomic E-state index is 12.5. The van der Waals surface area contributed by atoms with Crippen molar-refractivity contribution < 1.29 is 28.9 Å². The number of carbonyl (C=O) groups excluding carboxylic acids is 1. The Morgan fingerprint density at radius 1 is 1.07 bits per heavy atom. The molecule has 148 valence electrons. The number of benzene rings is 2. The molecule has 0 unspecified atom stereocenters. The predicted octanol–water partition coefficient (Wildman–Crippen LogP) is 3.14. The molecule has 0 aromatic heterocycles. The Kier molecular flexibility index (Phi) is 6.03. The van der Waals surface area contributed by atoms with Crippen LogP contribution in [0.4, 0.5) is 4.79 Å². The Balaban J connectivity index is 1.77. The lowest BCUT2D eigenvalue weighted by Crippen LogP contribution is -2.30. The molecule has 0 saturated carbocycles. The van der Waals surface area contributed by atoms with Crippen LogP contribution < -0.4 is 9.47 Å². The average molecular weight is 385 g/mol. The van der Waals surface area contributed by atoms with Crippen LogP contribution in [0, 0.1) is 5.92 Å². The number of ether oxygens (including phenoxy) is 3. The highest BCUT2D eigenvalue weighted by Gasteiger charge is 2.42. The molecule has 2 aromatic carbocycles. The normalized spacial score (nSPS) is 18.6. The van der Waals surface area contributed by atoms with Crippen molar-refractivity contribution in [1.29, 1.82) is 0 Å². The van der Waals surface area contributed by atoms with Crippen molar-refractivity contribution in [2.45, 2.75) is 12.5 Å². The highest BCUT2D eigenvalue weighted by Crippen LogP contribution is 2.39. The van der Waals surface area contributed by atoms with Crippen LogP contribution in [0.2, 0.25) is 0 Å². The zero-order chi connectivity index (χ0) is 20.1. The summed E-state index contributed by atoms with van der Waals surface area (Å²) in [6, 6.07) is 14.6. The average Bonchev–Trinajstić information content (AvgIpc) is 3.18. The predicted molar refractivity (Wildman–Crippen MR) is 102 cm³/mol. The van der Waals surface area contributed by atoms with E-state index in [4.69, 9.17) is 14.2 Å². The van der Waals surface area contributed by atoms with E-state index in [0.717, 1.165) is 5.56 Å². The van der Waals surface area contributed by atoms with Gasteiger partial charge in [0.15, 0.2) is 0 Å². The summed E-state index contributed by atoms with van der Waals surface area (Å²) < 4.78 is 16.0. The number of carboxylic acid groups (broad SMARTS) is 1. The van der Waals surface area contributed by atoms with Gasteiger partial charge in [-0.3, -0.25) is 4.79 Å². The van der Waals surface area contributed by atoms with Gasteiger partial charge in [0, 0.05) is 24.6 Å². The number of nitrogens with zero attached hydrogens (tertiary/aromatic N) is 1. The van der Waals surface area contributed by atoms with E-state index in [1.165, 1.54) is 12.0 Å². The molecule has 0 spiro atoms. The highest BCUT2D eigenvalue weighted by atomic mass is 16.6. The number of aliphatic carboxylic acids is 1. The van der Waals surface area contributed by atoms with Crippen molar-refractivity contribution in [2.75, 3.05) is 27.3 Å². The molecule has 1 aliphatic heterocycles. The van der Waals surface area contributed by atoms with E-state index in [2.05, 4.69) is 0 Å². The van der Waals surface area contributed by atoms with E-state index in [9.17, 15) is 14.7 Å². The Labute approximate surface area is 163 Å². The lowest BCUT2D eigenvalue weighted by Gasteiger charge is -2.19. The first-order valence-electron chi connectivity index (χ1n) is 8.93. The van der Waals surface area contributed by atoms with Crippen LogP contribution in [0.1, 0.15) is 17.0 Å². The van der Waals surface area contributed by atoms with Crippen molar-refractivity contribution >= 4 is 12.1 Å². The Hall–Kier alpha value is -3.22. The highest BCUT2D eigenvalue weighted by molar-refractivity contribution is 5.76. The van der Waals surface area contributed by atoms with Crippen molar-refractivity contribution in [1.82, 2.24) is 4.90 Å². The van der Waals surface area contributed by atoms with E-state index < -0.39 is 23.9 Å². The van der Waals surface area contributed by atoms with Crippen LogP contribution >= 0.6 is 0 Å². The van der Waals surface area contributed by atoms with Crippen LogP contribution in [0.5, 0.6) is 11.5 Å². The molecule has 1 aliphatic rings. The summed E-state index contributed by atoms with van der Waals surface area (Å²) >= 11 is 0. The lowest BCUT2D eigenvalue weighted by molar-refractivity contribution is -0.141. The molecular formula is C21H23NO6. The van der Waals surface area contributed by atoms with Gasteiger partial charge in [-0.2, -0.15) is 0 Å². The summed E-state index contributed by atoms with van der Waals surface area (Å²) in [6.07, 6.45) is -0.528. The molecule has 1 amide bonds. The first kappa shape index (κ1) is 19.5. The smallest absolute Gasteiger partial charge is 0.410 e. The summed E-state index contributed by atoms with van der Waals surface area (Å²) in [6.45, 7) is 0.448. The van der Waals surface area contributed by atoms with Gasteiger partial charge in [0.05, 0.1) is 20.1 Å². The van der Waals surface area contributed by atoms with Crippen molar-refractivity contribution in [3.05, 3.63) is 59.7 Å². The van der Waals surface area contributed by atoms with E-state index in [-0.39, 0.29) is 19.7 Å². The SMILES string of the molecule is COc1ccc(OC)c([C@@H]2CN(C(=O)OCc3ccccc3)C[C@H]2C(=O)O)c1. The van der Waals surface area contributed by atoms with Gasteiger partial charge in [0.25, 0.3) is 0 Å². The number of methoxy groups -OCH3 is 2. The quantitative estimate of drug-likeness (QED) is 0.822. The summed E-state index contributed by atoms with van der Waals surface area (Å²) in [5.41, 5.74) is 1.57. The molecule has 7 heteroatoms. The van der Waals surface area contributed by atoms with Crippen LogP contribution in [-0.2, 0) is 16.1 Å². The lowest BCUT2D eigenvalue weighted by atomic mass is 9.88. The molecule has 3 rings (SSSR count).